The topological polar surface area (TPSA) is 63.6 Å². The Labute approximate surface area is 135 Å². The summed E-state index contributed by atoms with van der Waals surface area (Å²) in [5, 5.41) is 11.8. The lowest BCUT2D eigenvalue weighted by Gasteiger charge is -2.21. The second kappa shape index (κ2) is 6.34. The van der Waals surface area contributed by atoms with Crippen LogP contribution in [0.25, 0.3) is 10.8 Å². The first-order valence-corrected chi connectivity index (χ1v) is 7.32. The number of Topliss-reactive ketones (excluding diaryl/α,β-unsaturated/α-hetero) is 1. The molecule has 0 fully saturated rings. The third-order valence-electron chi connectivity index (χ3n) is 3.57. The van der Waals surface area contributed by atoms with Gasteiger partial charge in [0.1, 0.15) is 0 Å². The van der Waals surface area contributed by atoms with Gasteiger partial charge < -0.3 is 9.84 Å². The van der Waals surface area contributed by atoms with Gasteiger partial charge in [0.15, 0.2) is 6.61 Å². The summed E-state index contributed by atoms with van der Waals surface area (Å²) >= 11 is 0. The van der Waals surface area contributed by atoms with Crippen LogP contribution in [0.15, 0.2) is 48.6 Å². The Hall–Kier alpha value is -2.46. The minimum Gasteiger partial charge on any atom is -0.454 e. The number of rotatable bonds is 5. The number of hydrogen-bond donors (Lipinski definition) is 1. The number of carbonyl (C=O) groups excluding carboxylic acids is 2. The molecule has 1 N–H and O–H groups in total. The summed E-state index contributed by atoms with van der Waals surface area (Å²) in [5.74, 6) is -0.881. The number of esters is 1. The molecule has 0 heterocycles. The molecular weight excluding hydrogens is 292 g/mol. The fourth-order valence-corrected chi connectivity index (χ4v) is 2.41. The maximum atomic E-state index is 12.4. The maximum absolute atomic E-state index is 12.4. The van der Waals surface area contributed by atoms with E-state index in [1.165, 1.54) is 6.92 Å². The van der Waals surface area contributed by atoms with Gasteiger partial charge in [0.25, 0.3) is 0 Å². The summed E-state index contributed by atoms with van der Waals surface area (Å²) in [6.07, 6.45) is 0. The summed E-state index contributed by atoms with van der Waals surface area (Å²) in [7, 11) is 0. The second-order valence-corrected chi connectivity index (χ2v) is 6.04. The predicted molar refractivity (Wildman–Crippen MR) is 89.3 cm³/mol. The highest BCUT2D eigenvalue weighted by atomic mass is 16.5. The summed E-state index contributed by atoms with van der Waals surface area (Å²) in [6.45, 7) is 8.07. The van der Waals surface area contributed by atoms with Crippen LogP contribution in [0.5, 0.6) is 0 Å². The van der Waals surface area contributed by atoms with E-state index in [4.69, 9.17) is 4.74 Å². The lowest BCUT2D eigenvalue weighted by atomic mass is 9.89. The molecule has 0 spiro atoms. The second-order valence-electron chi connectivity index (χ2n) is 6.04. The lowest BCUT2D eigenvalue weighted by molar-refractivity contribution is -0.137. The molecule has 0 radical (unpaired) electrons. The standard InChI is InChI=1S/C19H20O4/c1-12(2)18(21)23-11-17(20)15-9-10-16(19(3,4)22)14-8-6-5-7-13(14)15/h5-10,22H,1,11H2,2-4H3. The van der Waals surface area contributed by atoms with Crippen molar-refractivity contribution in [3.05, 3.63) is 59.7 Å². The number of fused-ring (bicyclic) bond motifs is 1. The zero-order chi connectivity index (χ0) is 17.2. The summed E-state index contributed by atoms with van der Waals surface area (Å²) in [4.78, 5) is 23.8. The van der Waals surface area contributed by atoms with Crippen LogP contribution in [0.2, 0.25) is 0 Å². The largest absolute Gasteiger partial charge is 0.454 e. The van der Waals surface area contributed by atoms with Crippen molar-refractivity contribution in [2.24, 2.45) is 0 Å². The van der Waals surface area contributed by atoms with Gasteiger partial charge >= 0.3 is 5.97 Å². The Morgan fingerprint density at radius 3 is 2.30 bits per heavy atom. The number of aliphatic hydroxyl groups is 1. The Bertz CT molecular complexity index is 782. The van der Waals surface area contributed by atoms with E-state index in [0.29, 0.717) is 5.56 Å². The van der Waals surface area contributed by atoms with Gasteiger partial charge in [-0.2, -0.15) is 0 Å². The third kappa shape index (κ3) is 3.66. The Morgan fingerprint density at radius 1 is 1.13 bits per heavy atom. The average Bonchev–Trinajstić information content (AvgIpc) is 2.49. The first-order valence-electron chi connectivity index (χ1n) is 7.32. The molecule has 2 aromatic carbocycles. The van der Waals surface area contributed by atoms with E-state index in [1.807, 2.05) is 24.3 Å². The predicted octanol–water partition coefficient (Wildman–Crippen LogP) is 3.37. The molecule has 2 rings (SSSR count). The van der Waals surface area contributed by atoms with E-state index in [1.54, 1.807) is 26.0 Å². The van der Waals surface area contributed by atoms with Crippen LogP contribution in [0, 0.1) is 0 Å². The molecule has 0 aliphatic rings. The molecule has 0 amide bonds. The Morgan fingerprint density at radius 2 is 1.74 bits per heavy atom. The van der Waals surface area contributed by atoms with E-state index < -0.39 is 11.6 Å². The van der Waals surface area contributed by atoms with Gasteiger partial charge in [0.05, 0.1) is 5.60 Å². The number of hydrogen-bond acceptors (Lipinski definition) is 4. The van der Waals surface area contributed by atoms with E-state index in [2.05, 4.69) is 6.58 Å². The Kier molecular flexibility index (Phi) is 4.66. The molecular formula is C19H20O4. The van der Waals surface area contributed by atoms with Crippen LogP contribution >= 0.6 is 0 Å². The van der Waals surface area contributed by atoms with Crippen molar-refractivity contribution in [3.8, 4) is 0 Å². The molecule has 4 heteroatoms. The summed E-state index contributed by atoms with van der Waals surface area (Å²) < 4.78 is 4.93. The number of ketones is 1. The van der Waals surface area contributed by atoms with Crippen LogP contribution in [-0.2, 0) is 15.1 Å². The SMILES string of the molecule is C=C(C)C(=O)OCC(=O)c1ccc(C(C)(C)O)c2ccccc12. The van der Waals surface area contributed by atoms with Crippen molar-refractivity contribution in [3.63, 3.8) is 0 Å². The van der Waals surface area contributed by atoms with Crippen LogP contribution in [0.4, 0.5) is 0 Å². The quantitative estimate of drug-likeness (QED) is 0.522. The van der Waals surface area contributed by atoms with Gasteiger partial charge in [0, 0.05) is 11.1 Å². The van der Waals surface area contributed by atoms with E-state index in [0.717, 1.165) is 16.3 Å². The molecule has 120 valence electrons. The molecule has 4 nitrogen and oxygen atoms in total. The van der Waals surface area contributed by atoms with Gasteiger partial charge in [-0.1, -0.05) is 43.0 Å². The highest BCUT2D eigenvalue weighted by molar-refractivity contribution is 6.10. The number of ether oxygens (including phenoxy) is 1. The van der Waals surface area contributed by atoms with Crippen molar-refractivity contribution in [1.82, 2.24) is 0 Å². The zero-order valence-corrected chi connectivity index (χ0v) is 13.6. The maximum Gasteiger partial charge on any atom is 0.333 e. The van der Waals surface area contributed by atoms with E-state index in [-0.39, 0.29) is 18.0 Å². The van der Waals surface area contributed by atoms with Crippen LogP contribution in [-0.4, -0.2) is 23.5 Å². The minimum absolute atomic E-state index is 0.250. The minimum atomic E-state index is -1.02. The van der Waals surface area contributed by atoms with Crippen LogP contribution in [0.1, 0.15) is 36.7 Å². The highest BCUT2D eigenvalue weighted by Crippen LogP contribution is 2.30. The first-order chi connectivity index (χ1) is 10.7. The van der Waals surface area contributed by atoms with Crippen LogP contribution < -0.4 is 0 Å². The van der Waals surface area contributed by atoms with E-state index >= 15 is 0 Å². The Balaban J connectivity index is 2.41. The van der Waals surface area contributed by atoms with Gasteiger partial charge in [-0.25, -0.2) is 4.79 Å². The molecule has 0 aliphatic carbocycles. The van der Waals surface area contributed by atoms with Crippen LogP contribution in [0.3, 0.4) is 0 Å². The van der Waals surface area contributed by atoms with Gasteiger partial charge in [-0.3, -0.25) is 4.79 Å². The first kappa shape index (κ1) is 16.9. The van der Waals surface area contributed by atoms with E-state index in [9.17, 15) is 14.7 Å². The third-order valence-corrected chi connectivity index (χ3v) is 3.57. The molecule has 0 unspecified atom stereocenters. The molecule has 0 atom stereocenters. The van der Waals surface area contributed by atoms with Gasteiger partial charge in [-0.15, -0.1) is 0 Å². The molecule has 0 saturated carbocycles. The monoisotopic (exact) mass is 312 g/mol. The fraction of sp³-hybridized carbons (Fsp3) is 0.263. The van der Waals surface area contributed by atoms with Gasteiger partial charge in [-0.05, 0) is 37.1 Å². The van der Waals surface area contributed by atoms with Crippen molar-refractivity contribution < 1.29 is 19.4 Å². The normalized spacial score (nSPS) is 11.3. The number of benzene rings is 2. The van der Waals surface area contributed by atoms with Crippen molar-refractivity contribution >= 4 is 22.5 Å². The smallest absolute Gasteiger partial charge is 0.333 e. The molecule has 23 heavy (non-hydrogen) atoms. The molecule has 2 aromatic rings. The zero-order valence-electron chi connectivity index (χ0n) is 13.6. The van der Waals surface area contributed by atoms with Crippen molar-refractivity contribution in [2.75, 3.05) is 6.61 Å². The fourth-order valence-electron chi connectivity index (χ4n) is 2.41. The molecule has 0 saturated heterocycles. The highest BCUT2D eigenvalue weighted by Gasteiger charge is 2.21. The average molecular weight is 312 g/mol. The van der Waals surface area contributed by atoms with Crippen molar-refractivity contribution in [1.29, 1.82) is 0 Å². The summed E-state index contributed by atoms with van der Waals surface area (Å²) in [5.41, 5.74) is 0.430. The summed E-state index contributed by atoms with van der Waals surface area (Å²) in [6, 6.07) is 10.8. The van der Waals surface area contributed by atoms with Gasteiger partial charge in [0.2, 0.25) is 5.78 Å². The molecule has 0 aromatic heterocycles. The molecule has 0 aliphatic heterocycles. The molecule has 0 bridgehead atoms. The van der Waals surface area contributed by atoms with Crippen molar-refractivity contribution in [2.45, 2.75) is 26.4 Å². The number of carbonyl (C=O) groups is 2. The lowest BCUT2D eigenvalue weighted by Crippen LogP contribution is -2.18.